The molecule has 0 saturated carbocycles. The smallest absolute Gasteiger partial charge is 0.281 e. The van der Waals surface area contributed by atoms with Crippen LogP contribution in [-0.2, 0) is 23.1 Å². The average Bonchev–Trinajstić information content (AvgIpc) is 3.49. The number of benzene rings is 3. The van der Waals surface area contributed by atoms with Gasteiger partial charge in [-0.1, -0.05) is 79.7 Å². The van der Waals surface area contributed by atoms with Gasteiger partial charge in [-0.2, -0.15) is 13.5 Å². The molecule has 6 aromatic rings. The number of hydrogen-bond donors (Lipinski definition) is 1. The van der Waals surface area contributed by atoms with Gasteiger partial charge in [-0.05, 0) is 36.6 Å². The zero-order valence-electron chi connectivity index (χ0n) is 20.9. The van der Waals surface area contributed by atoms with Crippen molar-refractivity contribution < 1.29 is 13.0 Å². The molecule has 1 N–H and O–H groups in total. The molecule has 0 bridgehead atoms. The third-order valence-corrected chi connectivity index (χ3v) is 9.27. The molecular weight excluding hydrogens is 514 g/mol. The van der Waals surface area contributed by atoms with Crippen molar-refractivity contribution in [2.24, 2.45) is 0 Å². The Labute approximate surface area is 225 Å². The zero-order valence-corrected chi connectivity index (χ0v) is 22.6. The summed E-state index contributed by atoms with van der Waals surface area (Å²) < 4.78 is 37.1. The van der Waals surface area contributed by atoms with Crippen LogP contribution in [0.4, 0.5) is 0 Å². The van der Waals surface area contributed by atoms with Crippen LogP contribution in [0.1, 0.15) is 23.9 Å². The van der Waals surface area contributed by atoms with Crippen molar-refractivity contribution in [2.75, 3.05) is 0 Å². The number of aromatic nitrogens is 3. The fraction of sp³-hybridized carbons (Fsp3) is 0.133. The van der Waals surface area contributed by atoms with Crippen LogP contribution >= 0.6 is 11.3 Å². The Balaban J connectivity index is 1.43. The molecule has 0 atom stereocenters. The van der Waals surface area contributed by atoms with E-state index in [-0.39, 0.29) is 4.21 Å². The minimum Gasteiger partial charge on any atom is -0.281 e. The number of fused-ring (bicyclic) bond motifs is 2. The normalized spacial score (nSPS) is 12.0. The van der Waals surface area contributed by atoms with Crippen molar-refractivity contribution >= 4 is 42.4 Å². The number of hydrogen-bond acceptors (Lipinski definition) is 5. The molecule has 0 unspecified atom stereocenters. The minimum absolute atomic E-state index is 0.0351. The quantitative estimate of drug-likeness (QED) is 0.227. The first-order chi connectivity index (χ1) is 18.3. The first-order valence-corrected chi connectivity index (χ1v) is 14.6. The third kappa shape index (κ3) is 4.30. The van der Waals surface area contributed by atoms with Gasteiger partial charge in [-0.15, -0.1) is 11.3 Å². The molecule has 0 aliphatic heterocycles. The fourth-order valence-electron chi connectivity index (χ4n) is 4.97. The molecule has 0 saturated heterocycles. The van der Waals surface area contributed by atoms with Gasteiger partial charge in [0.15, 0.2) is 4.21 Å². The Morgan fingerprint density at radius 2 is 1.63 bits per heavy atom. The predicted octanol–water partition coefficient (Wildman–Crippen LogP) is 7.15. The van der Waals surface area contributed by atoms with Crippen molar-refractivity contribution in [3.05, 3.63) is 102 Å². The molecule has 8 heteroatoms. The lowest BCUT2D eigenvalue weighted by Gasteiger charge is -2.08. The number of rotatable bonds is 6. The van der Waals surface area contributed by atoms with Crippen molar-refractivity contribution in [3.63, 3.8) is 0 Å². The monoisotopic (exact) mass is 539 g/mol. The molecule has 0 radical (unpaired) electrons. The molecule has 6 rings (SSSR count). The molecule has 3 heterocycles. The molecule has 0 fully saturated rings. The van der Waals surface area contributed by atoms with Crippen LogP contribution in [0.25, 0.3) is 43.4 Å². The van der Waals surface area contributed by atoms with Gasteiger partial charge in [0.25, 0.3) is 0 Å². The molecule has 0 aliphatic rings. The van der Waals surface area contributed by atoms with E-state index in [0.29, 0.717) is 12.1 Å². The van der Waals surface area contributed by atoms with Crippen LogP contribution < -0.4 is 0 Å². The summed E-state index contributed by atoms with van der Waals surface area (Å²) in [6.45, 7) is 4.68. The summed E-state index contributed by atoms with van der Waals surface area (Å²) in [5.74, 6) is 0. The topological polar surface area (TPSA) is 85.1 Å². The van der Waals surface area contributed by atoms with Gasteiger partial charge in [0.1, 0.15) is 5.69 Å². The highest BCUT2D eigenvalue weighted by Crippen LogP contribution is 2.41. The van der Waals surface area contributed by atoms with Crippen LogP contribution in [-0.4, -0.2) is 27.7 Å². The Morgan fingerprint density at radius 3 is 2.34 bits per heavy atom. The van der Waals surface area contributed by atoms with E-state index in [1.165, 1.54) is 0 Å². The van der Waals surface area contributed by atoms with Gasteiger partial charge in [0.2, 0.25) is 0 Å². The van der Waals surface area contributed by atoms with Gasteiger partial charge in [0.05, 0.1) is 12.1 Å². The van der Waals surface area contributed by atoms with Gasteiger partial charge in [-0.25, -0.2) is 0 Å². The first-order valence-electron chi connectivity index (χ1n) is 12.3. The van der Waals surface area contributed by atoms with E-state index in [9.17, 15) is 13.0 Å². The van der Waals surface area contributed by atoms with Gasteiger partial charge in [0, 0.05) is 38.0 Å². The second kappa shape index (κ2) is 9.47. The molecule has 0 amide bonds. The Morgan fingerprint density at radius 1 is 0.921 bits per heavy atom. The van der Waals surface area contributed by atoms with E-state index < -0.39 is 10.1 Å². The van der Waals surface area contributed by atoms with E-state index in [1.807, 2.05) is 78.3 Å². The van der Waals surface area contributed by atoms with Crippen LogP contribution in [0.5, 0.6) is 0 Å². The lowest BCUT2D eigenvalue weighted by molar-refractivity contribution is 0.486. The molecule has 190 valence electrons. The van der Waals surface area contributed by atoms with Crippen LogP contribution in [0.15, 0.2) is 89.1 Å². The summed E-state index contributed by atoms with van der Waals surface area (Å²) in [4.78, 5) is 4.80. The standard InChI is InChI=1S/C30H25N3O3S2/c1-3-23-17-25-27(19(2)31-23)29(22-9-5-4-6-10-22)32-33(25)18-20-13-15-21(16-14-20)28-24-11-7-8-12-26(24)37-30(28)38(34,35)36/h4-17H,3,18H2,1-2H3,(H,34,35,36). The summed E-state index contributed by atoms with van der Waals surface area (Å²) in [5, 5.41) is 6.87. The zero-order chi connectivity index (χ0) is 26.4. The summed E-state index contributed by atoms with van der Waals surface area (Å²) >= 11 is 1.08. The summed E-state index contributed by atoms with van der Waals surface area (Å²) in [7, 11) is -4.36. The largest absolute Gasteiger partial charge is 0.304 e. The minimum atomic E-state index is -4.36. The fourth-order valence-corrected chi connectivity index (χ4v) is 7.10. The maximum Gasteiger partial charge on any atom is 0.304 e. The summed E-state index contributed by atoms with van der Waals surface area (Å²) in [6, 6.07) is 27.5. The van der Waals surface area contributed by atoms with E-state index in [2.05, 4.69) is 25.1 Å². The second-order valence-electron chi connectivity index (χ2n) is 9.25. The number of nitrogens with zero attached hydrogens (tertiary/aromatic N) is 3. The first kappa shape index (κ1) is 24.5. The molecule has 0 spiro atoms. The summed E-state index contributed by atoms with van der Waals surface area (Å²) in [5.41, 5.74) is 7.27. The van der Waals surface area contributed by atoms with Crippen molar-refractivity contribution in [1.82, 2.24) is 14.8 Å². The summed E-state index contributed by atoms with van der Waals surface area (Å²) in [6.07, 6.45) is 0.835. The Bertz CT molecular complexity index is 1910. The molecule has 3 aromatic heterocycles. The molecule has 38 heavy (non-hydrogen) atoms. The Kier molecular flexibility index (Phi) is 6.10. The Hall–Kier alpha value is -3.85. The van der Waals surface area contributed by atoms with Gasteiger partial charge in [-0.3, -0.25) is 14.2 Å². The van der Waals surface area contributed by atoms with Crippen LogP contribution in [0.2, 0.25) is 0 Å². The van der Waals surface area contributed by atoms with Gasteiger partial charge >= 0.3 is 10.1 Å². The van der Waals surface area contributed by atoms with E-state index in [0.717, 1.165) is 72.5 Å². The lowest BCUT2D eigenvalue weighted by atomic mass is 10.0. The number of thiophene rings is 1. The highest BCUT2D eigenvalue weighted by molar-refractivity contribution is 7.88. The van der Waals surface area contributed by atoms with E-state index in [4.69, 9.17) is 10.1 Å². The lowest BCUT2D eigenvalue weighted by Crippen LogP contribution is -2.03. The van der Waals surface area contributed by atoms with Crippen molar-refractivity contribution in [3.8, 4) is 22.4 Å². The average molecular weight is 540 g/mol. The number of pyridine rings is 1. The molecule has 6 nitrogen and oxygen atoms in total. The maximum absolute atomic E-state index is 12.2. The van der Waals surface area contributed by atoms with Crippen molar-refractivity contribution in [1.29, 1.82) is 0 Å². The maximum atomic E-state index is 12.2. The van der Waals surface area contributed by atoms with Gasteiger partial charge < -0.3 is 0 Å². The molecule has 0 aliphatic carbocycles. The molecule has 3 aromatic carbocycles. The van der Waals surface area contributed by atoms with Crippen LogP contribution in [0.3, 0.4) is 0 Å². The van der Waals surface area contributed by atoms with Crippen molar-refractivity contribution in [2.45, 2.75) is 31.0 Å². The number of aryl methyl sites for hydroxylation is 2. The SMILES string of the molecule is CCc1cc2c(c(C)n1)c(-c1ccccc1)nn2Cc1ccc(-c2c(S(=O)(=O)O)sc3ccccc23)cc1. The van der Waals surface area contributed by atoms with E-state index in [1.54, 1.807) is 0 Å². The predicted molar refractivity (Wildman–Crippen MR) is 153 cm³/mol. The van der Waals surface area contributed by atoms with Crippen LogP contribution in [0, 0.1) is 6.92 Å². The third-order valence-electron chi connectivity index (χ3n) is 6.75. The van der Waals surface area contributed by atoms with E-state index >= 15 is 0 Å². The second-order valence-corrected chi connectivity index (χ2v) is 11.9. The molecular formula is C30H25N3O3S2. The highest BCUT2D eigenvalue weighted by Gasteiger charge is 2.23. The highest BCUT2D eigenvalue weighted by atomic mass is 32.3.